The van der Waals surface area contributed by atoms with E-state index in [0.717, 1.165) is 53.0 Å². The van der Waals surface area contributed by atoms with Crippen LogP contribution in [0.1, 0.15) is 59.5 Å². The van der Waals surface area contributed by atoms with E-state index in [4.69, 9.17) is 4.74 Å². The number of nitrogens with zero attached hydrogens (tertiary/aromatic N) is 2. The van der Waals surface area contributed by atoms with E-state index in [0.29, 0.717) is 29.8 Å². The largest absolute Gasteiger partial charge is 0.381 e. The Hall–Kier alpha value is -2.62. The number of H-pyrrole nitrogens is 1. The molecule has 3 atom stereocenters. The fourth-order valence-corrected chi connectivity index (χ4v) is 7.24. The lowest BCUT2D eigenvalue weighted by atomic mass is 9.83. The van der Waals surface area contributed by atoms with E-state index in [1.54, 1.807) is 7.11 Å². The van der Waals surface area contributed by atoms with Gasteiger partial charge >= 0.3 is 0 Å². The lowest BCUT2D eigenvalue weighted by molar-refractivity contribution is -0.0539. The Kier molecular flexibility index (Phi) is 8.21. The predicted molar refractivity (Wildman–Crippen MR) is 155 cm³/mol. The fraction of sp³-hybridized carbons (Fsp3) is 0.533. The molecule has 9 heteroatoms. The Labute approximate surface area is 233 Å². The van der Waals surface area contributed by atoms with Crippen LogP contribution in [0.15, 0.2) is 40.0 Å². The predicted octanol–water partition coefficient (Wildman–Crippen LogP) is 5.00. The van der Waals surface area contributed by atoms with Gasteiger partial charge in [-0.1, -0.05) is 18.2 Å². The number of fused-ring (bicyclic) bond motifs is 1. The molecule has 0 unspecified atom stereocenters. The number of methoxy groups -OCH3 is 1. The molecule has 7 nitrogen and oxygen atoms in total. The summed E-state index contributed by atoms with van der Waals surface area (Å²) in [5, 5.41) is 3.83. The van der Waals surface area contributed by atoms with Gasteiger partial charge in [-0.05, 0) is 65.0 Å². The Morgan fingerprint density at radius 3 is 2.72 bits per heavy atom. The minimum atomic E-state index is -0.939. The van der Waals surface area contributed by atoms with Crippen LogP contribution in [-0.2, 0) is 11.3 Å². The molecule has 0 spiro atoms. The van der Waals surface area contributed by atoms with Crippen molar-refractivity contribution in [2.45, 2.75) is 75.8 Å². The topological polar surface area (TPSA) is 79.4 Å². The van der Waals surface area contributed by atoms with Gasteiger partial charge in [-0.15, -0.1) is 11.8 Å². The molecule has 1 amide bonds. The van der Waals surface area contributed by atoms with Crippen molar-refractivity contribution in [3.05, 3.63) is 63.2 Å². The number of para-hydroxylation sites is 1. The van der Waals surface area contributed by atoms with Crippen molar-refractivity contribution in [2.75, 3.05) is 26.5 Å². The number of aromatic nitrogens is 2. The fourth-order valence-electron chi connectivity index (χ4n) is 6.54. The zero-order valence-electron chi connectivity index (χ0n) is 23.4. The summed E-state index contributed by atoms with van der Waals surface area (Å²) < 4.78 is 23.2. The summed E-state index contributed by atoms with van der Waals surface area (Å²) in [5.41, 5.74) is 3.48. The van der Waals surface area contributed by atoms with E-state index in [2.05, 4.69) is 26.7 Å². The van der Waals surface area contributed by atoms with Crippen LogP contribution in [0, 0.1) is 19.8 Å². The molecular formula is C30H39FN4O3S. The number of aryl methyl sites for hydroxylation is 1. The molecule has 0 bridgehead atoms. The molecular weight excluding hydrogens is 515 g/mol. The number of pyridine rings is 1. The second kappa shape index (κ2) is 11.5. The number of alkyl halides is 1. The van der Waals surface area contributed by atoms with Gasteiger partial charge in [0.15, 0.2) is 0 Å². The number of nitrogens with one attached hydrogen (secondary N) is 2. The monoisotopic (exact) mass is 554 g/mol. The number of aromatic amines is 1. The summed E-state index contributed by atoms with van der Waals surface area (Å²) >= 11 is 1.49. The van der Waals surface area contributed by atoms with Crippen molar-refractivity contribution in [3.63, 3.8) is 0 Å². The molecule has 3 aromatic rings. The summed E-state index contributed by atoms with van der Waals surface area (Å²) in [4.78, 5) is 32.2. The van der Waals surface area contributed by atoms with Gasteiger partial charge in [-0.2, -0.15) is 0 Å². The highest BCUT2D eigenvalue weighted by atomic mass is 32.2. The standard InChI is InChI=1S/C30H39FN4O3S/c1-17-12-27(39-5)24(29(36)33-17)15-32-30(37)28-19(3)35(26-9-7-6-8-23(26)28)18(2)22-10-11-34(16-25(22)31)20-13-21(14-20)38-4/h6-9,12,18,20-22,25H,10-11,13-16H2,1-5H3,(H,32,37)(H,33,36)/t18-,20?,21?,22-,25-/m1/s1. The number of piperidine rings is 1. The molecule has 210 valence electrons. The number of carbonyl (C=O) groups is 1. The summed E-state index contributed by atoms with van der Waals surface area (Å²) in [6, 6.07) is 10.1. The minimum absolute atomic E-state index is 0.107. The Morgan fingerprint density at radius 1 is 1.28 bits per heavy atom. The van der Waals surface area contributed by atoms with Crippen LogP contribution >= 0.6 is 11.8 Å². The zero-order valence-corrected chi connectivity index (χ0v) is 24.2. The highest BCUT2D eigenvalue weighted by Crippen LogP contribution is 2.39. The quantitative estimate of drug-likeness (QED) is 0.384. The van der Waals surface area contributed by atoms with Crippen LogP contribution in [0.4, 0.5) is 4.39 Å². The van der Waals surface area contributed by atoms with E-state index in [9.17, 15) is 9.59 Å². The zero-order chi connectivity index (χ0) is 27.8. The van der Waals surface area contributed by atoms with E-state index in [-0.39, 0.29) is 30.0 Å². The molecule has 2 fully saturated rings. The summed E-state index contributed by atoms with van der Waals surface area (Å²) in [5.74, 6) is -0.369. The molecule has 39 heavy (non-hydrogen) atoms. The molecule has 5 rings (SSSR count). The van der Waals surface area contributed by atoms with Gasteiger partial charge in [-0.3, -0.25) is 14.5 Å². The van der Waals surface area contributed by atoms with Crippen molar-refractivity contribution in [1.82, 2.24) is 19.8 Å². The number of hydrogen-bond acceptors (Lipinski definition) is 5. The number of amides is 1. The number of likely N-dealkylation sites (tertiary alicyclic amines) is 1. The second-order valence-corrected chi connectivity index (χ2v) is 11.9. The van der Waals surface area contributed by atoms with Crippen molar-refractivity contribution in [3.8, 4) is 0 Å². The van der Waals surface area contributed by atoms with Gasteiger partial charge < -0.3 is 19.6 Å². The van der Waals surface area contributed by atoms with Crippen molar-refractivity contribution < 1.29 is 13.9 Å². The van der Waals surface area contributed by atoms with E-state index in [1.165, 1.54) is 11.8 Å². The van der Waals surface area contributed by atoms with Crippen LogP contribution in [-0.4, -0.2) is 65.1 Å². The van der Waals surface area contributed by atoms with Gasteiger partial charge in [0.25, 0.3) is 11.5 Å². The number of hydrogen-bond donors (Lipinski definition) is 2. The minimum Gasteiger partial charge on any atom is -0.381 e. The SMILES string of the molecule is COC1CC(N2CC[C@H]([C@@H](C)n3c(C)c(C(=O)NCc4c(SC)cc(C)[nH]c4=O)c4ccccc43)[C@H](F)C2)C1. The summed E-state index contributed by atoms with van der Waals surface area (Å²) in [7, 11) is 1.74. The van der Waals surface area contributed by atoms with Gasteiger partial charge in [-0.25, -0.2) is 4.39 Å². The van der Waals surface area contributed by atoms with Crippen molar-refractivity contribution >= 4 is 28.6 Å². The first-order valence-corrected chi connectivity index (χ1v) is 15.0. The molecule has 2 aliphatic rings. The highest BCUT2D eigenvalue weighted by Gasteiger charge is 2.41. The molecule has 2 N–H and O–H groups in total. The molecule has 1 aliphatic heterocycles. The Bertz CT molecular complexity index is 1410. The third-order valence-corrected chi connectivity index (χ3v) is 9.63. The van der Waals surface area contributed by atoms with E-state index >= 15 is 4.39 Å². The van der Waals surface area contributed by atoms with Crippen LogP contribution in [0.2, 0.25) is 0 Å². The highest BCUT2D eigenvalue weighted by molar-refractivity contribution is 7.98. The summed E-state index contributed by atoms with van der Waals surface area (Å²) in [6.07, 6.45) is 4.03. The molecule has 3 heterocycles. The van der Waals surface area contributed by atoms with Crippen LogP contribution < -0.4 is 10.9 Å². The Balaban J connectivity index is 1.37. The molecule has 1 aromatic carbocycles. The van der Waals surface area contributed by atoms with Crippen LogP contribution in [0.3, 0.4) is 0 Å². The maximum Gasteiger partial charge on any atom is 0.254 e. The lowest BCUT2D eigenvalue weighted by Crippen LogP contribution is -2.54. The first-order chi connectivity index (χ1) is 18.7. The number of thioether (sulfide) groups is 1. The maximum atomic E-state index is 15.7. The van der Waals surface area contributed by atoms with Crippen LogP contribution in [0.25, 0.3) is 10.9 Å². The number of carbonyl (C=O) groups excluding carboxylic acids is 1. The van der Waals surface area contributed by atoms with Crippen LogP contribution in [0.5, 0.6) is 0 Å². The molecule has 1 aliphatic carbocycles. The molecule has 1 saturated carbocycles. The lowest BCUT2D eigenvalue weighted by Gasteiger charge is -2.47. The number of benzene rings is 1. The summed E-state index contributed by atoms with van der Waals surface area (Å²) in [6.45, 7) is 7.33. The molecule has 1 saturated heterocycles. The molecule has 0 radical (unpaired) electrons. The third-order valence-electron chi connectivity index (χ3n) is 8.83. The van der Waals surface area contributed by atoms with Gasteiger partial charge in [0, 0.05) is 71.0 Å². The smallest absolute Gasteiger partial charge is 0.254 e. The first kappa shape index (κ1) is 27.9. The Morgan fingerprint density at radius 2 is 2.03 bits per heavy atom. The van der Waals surface area contributed by atoms with Crippen molar-refractivity contribution in [1.29, 1.82) is 0 Å². The normalized spacial score (nSPS) is 24.5. The van der Waals surface area contributed by atoms with Crippen molar-refractivity contribution in [2.24, 2.45) is 5.92 Å². The number of halogens is 1. The van der Waals surface area contributed by atoms with Gasteiger partial charge in [0.1, 0.15) is 6.17 Å². The first-order valence-electron chi connectivity index (χ1n) is 13.8. The molecule has 2 aromatic heterocycles. The average Bonchev–Trinajstić information content (AvgIpc) is 3.18. The second-order valence-electron chi connectivity index (χ2n) is 11.0. The van der Waals surface area contributed by atoms with E-state index in [1.807, 2.05) is 50.4 Å². The number of rotatable bonds is 8. The number of ether oxygens (including phenoxy) is 1. The average molecular weight is 555 g/mol. The van der Waals surface area contributed by atoms with Gasteiger partial charge in [0.2, 0.25) is 0 Å². The van der Waals surface area contributed by atoms with Gasteiger partial charge in [0.05, 0.1) is 11.7 Å². The maximum absolute atomic E-state index is 15.7. The van der Waals surface area contributed by atoms with E-state index < -0.39 is 6.17 Å². The third kappa shape index (κ3) is 5.28.